The summed E-state index contributed by atoms with van der Waals surface area (Å²) in [5, 5.41) is 1.09. The average Bonchev–Trinajstić information content (AvgIpc) is 3.12. The molecule has 2 aromatic heterocycles. The van der Waals surface area contributed by atoms with E-state index in [1.807, 2.05) is 6.20 Å². The van der Waals surface area contributed by atoms with Gasteiger partial charge in [0.15, 0.2) is 0 Å². The third-order valence-corrected chi connectivity index (χ3v) is 21.8. The summed E-state index contributed by atoms with van der Waals surface area (Å²) in [6.07, 6.45) is 11.2. The van der Waals surface area contributed by atoms with Gasteiger partial charge >= 0.3 is 187 Å². The van der Waals surface area contributed by atoms with Gasteiger partial charge in [-0.1, -0.05) is 0 Å². The summed E-state index contributed by atoms with van der Waals surface area (Å²) in [6, 6.07) is 0. The third-order valence-electron chi connectivity index (χ3n) is 6.19. The average molecular weight is 522 g/mol. The molecule has 5 nitrogen and oxygen atoms in total. The molecule has 0 unspecified atom stereocenters. The van der Waals surface area contributed by atoms with E-state index >= 15 is 0 Å². The van der Waals surface area contributed by atoms with E-state index in [1.54, 1.807) is 4.57 Å². The zero-order valence-electron chi connectivity index (χ0n) is 20.2. The second kappa shape index (κ2) is 11.0. The zero-order chi connectivity index (χ0) is 22.4. The third kappa shape index (κ3) is 5.57. The minimum absolute atomic E-state index is 0.174. The number of aromatic nitrogens is 3. The van der Waals surface area contributed by atoms with Gasteiger partial charge in [-0.15, -0.1) is 0 Å². The molecule has 168 valence electrons. The molecule has 0 radical (unpaired) electrons. The summed E-state index contributed by atoms with van der Waals surface area (Å²) in [7, 11) is 1.45. The van der Waals surface area contributed by atoms with Crippen LogP contribution >= 0.6 is 0 Å². The van der Waals surface area contributed by atoms with Gasteiger partial charge < -0.3 is 0 Å². The van der Waals surface area contributed by atoms with E-state index in [9.17, 15) is 4.79 Å². The molecule has 6 heteroatoms. The topological polar surface area (TPSA) is 57.0 Å². The van der Waals surface area contributed by atoms with Gasteiger partial charge in [0.25, 0.3) is 0 Å². The van der Waals surface area contributed by atoms with Crippen LogP contribution < -0.4 is 3.58 Å². The Hall–Kier alpha value is -1.11. The second-order valence-corrected chi connectivity index (χ2v) is 22.8. The van der Waals surface area contributed by atoms with Gasteiger partial charge in [0.1, 0.15) is 0 Å². The number of hydrogen-bond acceptors (Lipinski definition) is 4. The molecule has 30 heavy (non-hydrogen) atoms. The Kier molecular flexibility index (Phi) is 9.19. The van der Waals surface area contributed by atoms with E-state index in [0.717, 1.165) is 16.9 Å². The Balaban J connectivity index is 2.76. The van der Waals surface area contributed by atoms with Crippen LogP contribution in [0.5, 0.6) is 0 Å². The standard InChI is InChI=1S/C12H14N3O2.3C4H9.Sn/c1-12(2,3)10-13-7-8-5-6-15(9(8)14-10)11(16)17-4;3*1-3-4-2;/h6-7H,1-4H3;3*1,3-4H2,2H3;. The second-order valence-electron chi connectivity index (χ2n) is 9.65. The normalized spacial score (nSPS) is 12.5. The molecule has 0 aliphatic heterocycles. The first kappa shape index (κ1) is 25.2. The van der Waals surface area contributed by atoms with Gasteiger partial charge in [0, 0.05) is 0 Å². The Morgan fingerprint density at radius 2 is 1.57 bits per heavy atom. The van der Waals surface area contributed by atoms with E-state index in [2.05, 4.69) is 47.7 Å². The van der Waals surface area contributed by atoms with Crippen molar-refractivity contribution < 1.29 is 9.53 Å². The zero-order valence-corrected chi connectivity index (χ0v) is 23.0. The number of rotatable bonds is 10. The molecule has 0 amide bonds. The van der Waals surface area contributed by atoms with Crippen molar-refractivity contribution in [1.29, 1.82) is 0 Å². The summed E-state index contributed by atoms with van der Waals surface area (Å²) in [5.74, 6) is 0.765. The van der Waals surface area contributed by atoms with Crippen molar-refractivity contribution in [2.75, 3.05) is 7.11 Å². The fraction of sp³-hybridized carbons (Fsp3) is 0.708. The molecule has 0 saturated carbocycles. The molecule has 0 N–H and O–H groups in total. The predicted octanol–water partition coefficient (Wildman–Crippen LogP) is 6.40. The van der Waals surface area contributed by atoms with Gasteiger partial charge in [-0.2, -0.15) is 0 Å². The van der Waals surface area contributed by atoms with Crippen molar-refractivity contribution >= 4 is 39.1 Å². The van der Waals surface area contributed by atoms with Crippen molar-refractivity contribution in [3.8, 4) is 0 Å². The summed E-state index contributed by atoms with van der Waals surface area (Å²) in [6.45, 7) is 13.2. The molecule has 2 aromatic rings. The van der Waals surface area contributed by atoms with Crippen LogP contribution in [0.4, 0.5) is 4.79 Å². The van der Waals surface area contributed by atoms with Crippen LogP contribution in [0.1, 0.15) is 85.9 Å². The van der Waals surface area contributed by atoms with E-state index in [-0.39, 0.29) is 11.5 Å². The van der Waals surface area contributed by atoms with Gasteiger partial charge in [-0.3, -0.25) is 0 Å². The summed E-state index contributed by atoms with van der Waals surface area (Å²) >= 11 is -2.76. The maximum absolute atomic E-state index is 12.7. The van der Waals surface area contributed by atoms with Crippen LogP contribution in [0.2, 0.25) is 13.3 Å². The monoisotopic (exact) mass is 523 g/mol. The SMILES string of the molecule is CCC[CH2][Sn]([CH2]CCC)([CH2]CCC)[c]1cn(C(=O)OC)c2nc(C(C)(C)C)ncc12. The van der Waals surface area contributed by atoms with Crippen molar-refractivity contribution in [3.05, 3.63) is 18.2 Å². The van der Waals surface area contributed by atoms with Gasteiger partial charge in [0.2, 0.25) is 0 Å². The van der Waals surface area contributed by atoms with Crippen molar-refractivity contribution in [2.45, 2.75) is 98.8 Å². The van der Waals surface area contributed by atoms with Crippen LogP contribution in [0.3, 0.4) is 0 Å². The Bertz CT molecular complexity index is 817. The first-order chi connectivity index (χ1) is 14.2. The first-order valence-electron chi connectivity index (χ1n) is 11.7. The van der Waals surface area contributed by atoms with Crippen LogP contribution in [0.15, 0.2) is 12.4 Å². The van der Waals surface area contributed by atoms with Crippen LogP contribution in [-0.4, -0.2) is 46.1 Å². The fourth-order valence-corrected chi connectivity index (χ4v) is 20.9. The minimum atomic E-state index is -2.76. The molecular formula is C24H41N3O2Sn. The molecule has 2 heterocycles. The van der Waals surface area contributed by atoms with Crippen molar-refractivity contribution in [3.63, 3.8) is 0 Å². The molecule has 2 rings (SSSR count). The van der Waals surface area contributed by atoms with E-state index < -0.39 is 18.4 Å². The maximum atomic E-state index is 12.7. The van der Waals surface area contributed by atoms with E-state index in [1.165, 1.54) is 62.5 Å². The number of fused-ring (bicyclic) bond motifs is 1. The molecule has 0 aliphatic rings. The molecule has 0 fully saturated rings. The quantitative estimate of drug-likeness (QED) is 0.339. The first-order valence-corrected chi connectivity index (χ1v) is 19.2. The van der Waals surface area contributed by atoms with Crippen molar-refractivity contribution in [2.24, 2.45) is 0 Å². The van der Waals surface area contributed by atoms with Gasteiger partial charge in [0.05, 0.1) is 0 Å². The Morgan fingerprint density at radius 3 is 2.00 bits per heavy atom. The van der Waals surface area contributed by atoms with E-state index in [0.29, 0.717) is 0 Å². The van der Waals surface area contributed by atoms with Gasteiger partial charge in [-0.05, 0) is 0 Å². The van der Waals surface area contributed by atoms with E-state index in [4.69, 9.17) is 14.7 Å². The van der Waals surface area contributed by atoms with Crippen molar-refractivity contribution in [1.82, 2.24) is 14.5 Å². The van der Waals surface area contributed by atoms with Gasteiger partial charge in [-0.25, -0.2) is 0 Å². The summed E-state index contributed by atoms with van der Waals surface area (Å²) in [4.78, 5) is 22.3. The predicted molar refractivity (Wildman–Crippen MR) is 129 cm³/mol. The van der Waals surface area contributed by atoms with Crippen LogP contribution in [-0.2, 0) is 10.2 Å². The number of carbonyl (C=O) groups is 1. The number of methoxy groups -OCH3 is 1. The molecule has 0 aliphatic carbocycles. The van der Waals surface area contributed by atoms with Crippen LogP contribution in [0.25, 0.3) is 11.0 Å². The number of ether oxygens (including phenoxy) is 1. The molecule has 0 bridgehead atoms. The molecule has 0 saturated heterocycles. The Labute approximate surface area is 186 Å². The summed E-state index contributed by atoms with van der Waals surface area (Å²) < 4.78 is 12.2. The van der Waals surface area contributed by atoms with Crippen LogP contribution in [0, 0.1) is 0 Å². The molecule has 0 spiro atoms. The number of carbonyl (C=O) groups excluding carboxylic acids is 1. The Morgan fingerprint density at radius 1 is 1.03 bits per heavy atom. The number of nitrogens with zero attached hydrogens (tertiary/aromatic N) is 3. The summed E-state index contributed by atoms with van der Waals surface area (Å²) in [5.41, 5.74) is 0.550. The molecular weight excluding hydrogens is 481 g/mol. The molecule has 0 aromatic carbocycles. The number of hydrogen-bond donors (Lipinski definition) is 0. The fourth-order valence-electron chi connectivity index (χ4n) is 4.35. The molecule has 0 atom stereocenters. The number of unbranched alkanes of at least 4 members (excludes halogenated alkanes) is 3.